The Morgan fingerprint density at radius 3 is 2.44 bits per heavy atom. The van der Waals surface area contributed by atoms with E-state index in [-0.39, 0.29) is 17.2 Å². The van der Waals surface area contributed by atoms with E-state index >= 15 is 0 Å². The van der Waals surface area contributed by atoms with Gasteiger partial charge < -0.3 is 19.6 Å². The van der Waals surface area contributed by atoms with Crippen molar-refractivity contribution < 1.29 is 14.6 Å². The maximum Gasteiger partial charge on any atom is 0.264 e. The molecule has 6 nitrogen and oxygen atoms in total. The van der Waals surface area contributed by atoms with Gasteiger partial charge in [-0.15, -0.1) is 0 Å². The van der Waals surface area contributed by atoms with E-state index in [4.69, 9.17) is 4.74 Å². The van der Waals surface area contributed by atoms with E-state index in [0.717, 1.165) is 18.8 Å². The van der Waals surface area contributed by atoms with Gasteiger partial charge in [-0.25, -0.2) is 0 Å². The molecule has 2 aromatic rings. The van der Waals surface area contributed by atoms with Crippen molar-refractivity contribution >= 4 is 17.7 Å². The van der Waals surface area contributed by atoms with Gasteiger partial charge in [0.15, 0.2) is 11.5 Å². The molecule has 0 atom stereocenters. The van der Waals surface area contributed by atoms with Crippen LogP contribution in [0.25, 0.3) is 6.08 Å². The lowest BCUT2D eigenvalue weighted by Gasteiger charge is -2.36. The first kappa shape index (κ1) is 18.3. The van der Waals surface area contributed by atoms with Crippen LogP contribution in [0.3, 0.4) is 0 Å². The molecule has 3 rings (SSSR count). The van der Waals surface area contributed by atoms with Gasteiger partial charge in [0.05, 0.1) is 7.11 Å². The molecular weight excluding hydrogens is 342 g/mol. The van der Waals surface area contributed by atoms with E-state index < -0.39 is 0 Å². The summed E-state index contributed by atoms with van der Waals surface area (Å²) in [4.78, 5) is 16.6. The molecule has 1 aliphatic rings. The number of nitriles is 1. The second-order valence-corrected chi connectivity index (χ2v) is 6.22. The van der Waals surface area contributed by atoms with Crippen LogP contribution in [0.2, 0.25) is 0 Å². The van der Waals surface area contributed by atoms with Crippen LogP contribution in [-0.4, -0.2) is 49.2 Å². The van der Waals surface area contributed by atoms with E-state index in [1.807, 2.05) is 36.4 Å². The molecule has 27 heavy (non-hydrogen) atoms. The third-order valence-corrected chi connectivity index (χ3v) is 4.55. The summed E-state index contributed by atoms with van der Waals surface area (Å²) < 4.78 is 5.00. The third-order valence-electron chi connectivity index (χ3n) is 4.55. The number of hydrogen-bond donors (Lipinski definition) is 1. The zero-order valence-corrected chi connectivity index (χ0v) is 15.1. The lowest BCUT2D eigenvalue weighted by Crippen LogP contribution is -2.49. The summed E-state index contributed by atoms with van der Waals surface area (Å²) in [6.45, 7) is 2.55. The minimum absolute atomic E-state index is 0.0348. The molecule has 0 radical (unpaired) electrons. The number of piperazine rings is 1. The highest BCUT2D eigenvalue weighted by Gasteiger charge is 2.23. The molecule has 1 saturated heterocycles. The maximum atomic E-state index is 12.7. The molecular formula is C21H21N3O3. The van der Waals surface area contributed by atoms with E-state index in [2.05, 4.69) is 4.90 Å². The van der Waals surface area contributed by atoms with E-state index in [0.29, 0.717) is 24.4 Å². The van der Waals surface area contributed by atoms with Gasteiger partial charge in [0.2, 0.25) is 0 Å². The fourth-order valence-electron chi connectivity index (χ4n) is 3.08. The normalized spacial score (nSPS) is 14.6. The summed E-state index contributed by atoms with van der Waals surface area (Å²) in [5.41, 5.74) is 1.75. The third kappa shape index (κ3) is 4.21. The standard InChI is InChI=1S/C21H21N3O3/c1-27-20-8-7-16(14-19(20)25)13-17(15-22)21(26)24-11-9-23(10-12-24)18-5-3-2-4-6-18/h2-8,13-14,25H,9-12H2,1H3/b17-13-. The highest BCUT2D eigenvalue weighted by molar-refractivity contribution is 6.01. The number of amides is 1. The molecule has 1 heterocycles. The van der Waals surface area contributed by atoms with Gasteiger partial charge in [0.25, 0.3) is 5.91 Å². The number of ether oxygens (including phenoxy) is 1. The Bertz CT molecular complexity index is 879. The van der Waals surface area contributed by atoms with Crippen molar-refractivity contribution in [1.82, 2.24) is 4.90 Å². The SMILES string of the molecule is COc1ccc(/C=C(/C#N)C(=O)N2CCN(c3ccccc3)CC2)cc1O. The number of benzene rings is 2. The summed E-state index contributed by atoms with van der Waals surface area (Å²) in [6.07, 6.45) is 1.49. The molecule has 1 fully saturated rings. The molecule has 0 aliphatic carbocycles. The number of phenols is 1. The van der Waals surface area contributed by atoms with Crippen LogP contribution in [0.5, 0.6) is 11.5 Å². The Kier molecular flexibility index (Phi) is 5.62. The van der Waals surface area contributed by atoms with Crippen LogP contribution in [0, 0.1) is 11.3 Å². The topological polar surface area (TPSA) is 76.8 Å². The minimum Gasteiger partial charge on any atom is -0.504 e. The number of aromatic hydroxyl groups is 1. The average Bonchev–Trinajstić information content (AvgIpc) is 2.72. The van der Waals surface area contributed by atoms with Crippen LogP contribution in [0.4, 0.5) is 5.69 Å². The summed E-state index contributed by atoms with van der Waals surface area (Å²) in [5, 5.41) is 19.3. The summed E-state index contributed by atoms with van der Waals surface area (Å²) >= 11 is 0. The average molecular weight is 363 g/mol. The quantitative estimate of drug-likeness (QED) is 0.668. The number of para-hydroxylation sites is 1. The largest absolute Gasteiger partial charge is 0.504 e. The van der Waals surface area contributed by atoms with Crippen molar-refractivity contribution in [3.63, 3.8) is 0 Å². The van der Waals surface area contributed by atoms with Gasteiger partial charge in [-0.05, 0) is 35.9 Å². The zero-order chi connectivity index (χ0) is 19.2. The Hall–Kier alpha value is -3.46. The first-order valence-electron chi connectivity index (χ1n) is 8.70. The molecule has 2 aromatic carbocycles. The van der Waals surface area contributed by atoms with Gasteiger partial charge in [-0.3, -0.25) is 4.79 Å². The van der Waals surface area contributed by atoms with Gasteiger partial charge in [-0.1, -0.05) is 24.3 Å². The predicted octanol–water partition coefficient (Wildman–Crippen LogP) is 2.66. The molecule has 1 amide bonds. The highest BCUT2D eigenvalue weighted by atomic mass is 16.5. The maximum absolute atomic E-state index is 12.7. The number of hydrogen-bond acceptors (Lipinski definition) is 5. The van der Waals surface area contributed by atoms with Crippen molar-refractivity contribution in [3.05, 3.63) is 59.7 Å². The van der Waals surface area contributed by atoms with Crippen molar-refractivity contribution in [2.45, 2.75) is 0 Å². The van der Waals surface area contributed by atoms with E-state index in [1.165, 1.54) is 19.3 Å². The zero-order valence-electron chi connectivity index (χ0n) is 15.1. The molecule has 0 bridgehead atoms. The Balaban J connectivity index is 1.69. The molecule has 1 N–H and O–H groups in total. The fraction of sp³-hybridized carbons (Fsp3) is 0.238. The van der Waals surface area contributed by atoms with Crippen molar-refractivity contribution in [2.75, 3.05) is 38.2 Å². The minimum atomic E-state index is -0.291. The van der Waals surface area contributed by atoms with Crippen molar-refractivity contribution in [2.24, 2.45) is 0 Å². The molecule has 138 valence electrons. The number of anilines is 1. The molecule has 0 saturated carbocycles. The predicted molar refractivity (Wildman–Crippen MR) is 103 cm³/mol. The first-order valence-corrected chi connectivity index (χ1v) is 8.70. The van der Waals surface area contributed by atoms with Crippen LogP contribution < -0.4 is 9.64 Å². The van der Waals surface area contributed by atoms with Crippen molar-refractivity contribution in [1.29, 1.82) is 5.26 Å². The lowest BCUT2D eigenvalue weighted by molar-refractivity contribution is -0.126. The number of phenolic OH excluding ortho intramolecular Hbond substituents is 1. The fourth-order valence-corrected chi connectivity index (χ4v) is 3.08. The lowest BCUT2D eigenvalue weighted by atomic mass is 10.1. The number of carbonyl (C=O) groups excluding carboxylic acids is 1. The van der Waals surface area contributed by atoms with Crippen molar-refractivity contribution in [3.8, 4) is 17.6 Å². The van der Waals surface area contributed by atoms with Gasteiger partial charge in [0.1, 0.15) is 11.6 Å². The van der Waals surface area contributed by atoms with Gasteiger partial charge in [-0.2, -0.15) is 5.26 Å². The molecule has 6 heteroatoms. The summed E-state index contributed by atoms with van der Waals surface area (Å²) in [7, 11) is 1.46. The van der Waals surface area contributed by atoms with E-state index in [9.17, 15) is 15.2 Å². The number of methoxy groups -OCH3 is 1. The van der Waals surface area contributed by atoms with Gasteiger partial charge in [0, 0.05) is 31.9 Å². The number of nitrogens with zero attached hydrogens (tertiary/aromatic N) is 3. The van der Waals surface area contributed by atoms with Crippen LogP contribution in [-0.2, 0) is 4.79 Å². The van der Waals surface area contributed by atoms with Gasteiger partial charge >= 0.3 is 0 Å². The van der Waals surface area contributed by atoms with Crippen LogP contribution >= 0.6 is 0 Å². The second-order valence-electron chi connectivity index (χ2n) is 6.22. The first-order chi connectivity index (χ1) is 13.1. The second kappa shape index (κ2) is 8.28. The summed E-state index contributed by atoms with van der Waals surface area (Å²) in [6, 6.07) is 16.8. The smallest absolute Gasteiger partial charge is 0.264 e. The Labute approximate surface area is 158 Å². The van der Waals surface area contributed by atoms with Crippen LogP contribution in [0.15, 0.2) is 54.1 Å². The summed E-state index contributed by atoms with van der Waals surface area (Å²) in [5.74, 6) is 0.0157. The molecule has 1 aliphatic heterocycles. The van der Waals surface area contributed by atoms with E-state index in [1.54, 1.807) is 17.0 Å². The molecule has 0 aromatic heterocycles. The number of rotatable bonds is 4. The Morgan fingerprint density at radius 2 is 1.85 bits per heavy atom. The number of carbonyl (C=O) groups is 1. The van der Waals surface area contributed by atoms with Crippen LogP contribution in [0.1, 0.15) is 5.56 Å². The highest BCUT2D eigenvalue weighted by Crippen LogP contribution is 2.27. The monoisotopic (exact) mass is 363 g/mol. The molecule has 0 spiro atoms. The molecule has 0 unspecified atom stereocenters. The Morgan fingerprint density at radius 1 is 1.15 bits per heavy atom.